The van der Waals surface area contributed by atoms with Gasteiger partial charge in [0.15, 0.2) is 0 Å². The average Bonchev–Trinajstić information content (AvgIpc) is 2.88. The van der Waals surface area contributed by atoms with Gasteiger partial charge >= 0.3 is 0 Å². The number of rotatable bonds is 4. The van der Waals surface area contributed by atoms with E-state index in [9.17, 15) is 8.42 Å². The van der Waals surface area contributed by atoms with Crippen LogP contribution in [0.3, 0.4) is 0 Å². The summed E-state index contributed by atoms with van der Waals surface area (Å²) in [6.07, 6.45) is 0. The van der Waals surface area contributed by atoms with Crippen LogP contribution in [-0.2, 0) is 16.6 Å². The van der Waals surface area contributed by atoms with Gasteiger partial charge in [-0.15, -0.1) is 11.3 Å². The van der Waals surface area contributed by atoms with Gasteiger partial charge in [-0.25, -0.2) is 8.42 Å². The fourth-order valence-corrected chi connectivity index (χ4v) is 4.13. The molecule has 0 bridgehead atoms. The maximum absolute atomic E-state index is 12.3. The van der Waals surface area contributed by atoms with Crippen LogP contribution in [0.25, 0.3) is 0 Å². The molecule has 1 heterocycles. The molecular weight excluding hydrogens is 304 g/mol. The predicted molar refractivity (Wildman–Crippen MR) is 78.8 cm³/mol. The molecule has 0 aliphatic rings. The van der Waals surface area contributed by atoms with Crippen molar-refractivity contribution in [3.8, 4) is 0 Å². The highest BCUT2D eigenvalue weighted by atomic mass is 35.5. The third kappa shape index (κ3) is 3.09. The number of hydrogen-bond donors (Lipinski definition) is 1. The van der Waals surface area contributed by atoms with E-state index in [1.54, 1.807) is 35.7 Å². The summed E-state index contributed by atoms with van der Waals surface area (Å²) in [7, 11) is -1.95. The SMILES string of the molecule is CN(Cc1cc(N)ccc1Cl)S(=O)(=O)c1cccs1. The van der Waals surface area contributed by atoms with Gasteiger partial charge in [-0.05, 0) is 35.2 Å². The van der Waals surface area contributed by atoms with E-state index >= 15 is 0 Å². The molecule has 0 radical (unpaired) electrons. The van der Waals surface area contributed by atoms with Crippen LogP contribution in [0, 0.1) is 0 Å². The molecule has 102 valence electrons. The van der Waals surface area contributed by atoms with Crippen LogP contribution in [0.4, 0.5) is 5.69 Å². The van der Waals surface area contributed by atoms with Crippen molar-refractivity contribution in [2.45, 2.75) is 10.8 Å². The summed E-state index contributed by atoms with van der Waals surface area (Å²) in [5.74, 6) is 0. The van der Waals surface area contributed by atoms with E-state index in [2.05, 4.69) is 0 Å². The largest absolute Gasteiger partial charge is 0.399 e. The number of nitrogens with two attached hydrogens (primary N) is 1. The minimum absolute atomic E-state index is 0.185. The molecule has 0 aliphatic heterocycles. The average molecular weight is 317 g/mol. The molecule has 2 N–H and O–H groups in total. The molecule has 1 aromatic heterocycles. The van der Waals surface area contributed by atoms with Crippen molar-refractivity contribution in [1.29, 1.82) is 0 Å². The van der Waals surface area contributed by atoms with E-state index in [0.29, 0.717) is 20.5 Å². The highest BCUT2D eigenvalue weighted by molar-refractivity contribution is 7.91. The Morgan fingerprint density at radius 3 is 2.74 bits per heavy atom. The molecule has 0 unspecified atom stereocenters. The number of sulfonamides is 1. The van der Waals surface area contributed by atoms with Crippen LogP contribution >= 0.6 is 22.9 Å². The summed E-state index contributed by atoms with van der Waals surface area (Å²) in [5.41, 5.74) is 6.92. The molecule has 0 amide bonds. The molecule has 1 aromatic carbocycles. The van der Waals surface area contributed by atoms with Crippen LogP contribution in [0.15, 0.2) is 39.9 Å². The Hall–Kier alpha value is -1.08. The van der Waals surface area contributed by atoms with Gasteiger partial charge in [0, 0.05) is 24.3 Å². The number of benzene rings is 1. The molecule has 0 saturated carbocycles. The first-order valence-corrected chi connectivity index (χ1v) is 8.15. The zero-order valence-electron chi connectivity index (χ0n) is 10.2. The van der Waals surface area contributed by atoms with Gasteiger partial charge in [0.25, 0.3) is 10.0 Å². The Balaban J connectivity index is 2.26. The summed E-state index contributed by atoms with van der Waals surface area (Å²) in [6, 6.07) is 8.32. The third-order valence-corrected chi connectivity index (χ3v) is 6.17. The Morgan fingerprint density at radius 2 is 2.11 bits per heavy atom. The van der Waals surface area contributed by atoms with Crippen molar-refractivity contribution >= 4 is 38.6 Å². The van der Waals surface area contributed by atoms with Crippen LogP contribution < -0.4 is 5.73 Å². The topological polar surface area (TPSA) is 63.4 Å². The second-order valence-electron chi connectivity index (χ2n) is 4.04. The molecule has 0 atom stereocenters. The van der Waals surface area contributed by atoms with Crippen LogP contribution in [0.1, 0.15) is 5.56 Å². The Kier molecular flexibility index (Phi) is 4.15. The number of halogens is 1. The van der Waals surface area contributed by atoms with E-state index in [0.717, 1.165) is 0 Å². The summed E-state index contributed by atoms with van der Waals surface area (Å²) in [4.78, 5) is 0. The summed E-state index contributed by atoms with van der Waals surface area (Å²) < 4.78 is 26.1. The number of thiophene rings is 1. The minimum Gasteiger partial charge on any atom is -0.399 e. The molecule has 0 fully saturated rings. The molecule has 2 rings (SSSR count). The zero-order chi connectivity index (χ0) is 14.0. The van der Waals surface area contributed by atoms with Crippen molar-refractivity contribution in [2.75, 3.05) is 12.8 Å². The maximum atomic E-state index is 12.3. The van der Waals surface area contributed by atoms with Crippen molar-refractivity contribution in [2.24, 2.45) is 0 Å². The van der Waals surface area contributed by atoms with Crippen LogP contribution in [0.2, 0.25) is 5.02 Å². The maximum Gasteiger partial charge on any atom is 0.252 e. The lowest BCUT2D eigenvalue weighted by molar-refractivity contribution is 0.468. The molecule has 2 aromatic rings. The van der Waals surface area contributed by atoms with Gasteiger partial charge in [0.1, 0.15) is 4.21 Å². The van der Waals surface area contributed by atoms with E-state index in [1.165, 1.54) is 22.7 Å². The summed E-state index contributed by atoms with van der Waals surface area (Å²) in [5, 5.41) is 2.23. The Morgan fingerprint density at radius 1 is 1.37 bits per heavy atom. The van der Waals surface area contributed by atoms with Gasteiger partial charge < -0.3 is 5.73 Å². The fourth-order valence-electron chi connectivity index (χ4n) is 1.60. The third-order valence-electron chi connectivity index (χ3n) is 2.62. The van der Waals surface area contributed by atoms with Gasteiger partial charge in [0.05, 0.1) is 0 Å². The second kappa shape index (κ2) is 5.50. The van der Waals surface area contributed by atoms with Gasteiger partial charge in [0.2, 0.25) is 0 Å². The standard InChI is InChI=1S/C12H13ClN2O2S2/c1-15(19(16,17)12-3-2-6-18-12)8-9-7-10(14)4-5-11(9)13/h2-7H,8,14H2,1H3. The van der Waals surface area contributed by atoms with Crippen molar-refractivity contribution in [1.82, 2.24) is 4.31 Å². The lowest BCUT2D eigenvalue weighted by atomic mass is 10.2. The van der Waals surface area contributed by atoms with Crippen molar-refractivity contribution in [3.63, 3.8) is 0 Å². The minimum atomic E-state index is -3.47. The molecule has 0 saturated heterocycles. The number of nitrogens with zero attached hydrogens (tertiary/aromatic N) is 1. The normalized spacial score (nSPS) is 11.9. The molecule has 19 heavy (non-hydrogen) atoms. The number of nitrogen functional groups attached to an aromatic ring is 1. The summed E-state index contributed by atoms with van der Waals surface area (Å²) in [6.45, 7) is 0.185. The first-order valence-electron chi connectivity index (χ1n) is 5.45. The molecule has 7 heteroatoms. The second-order valence-corrected chi connectivity index (χ2v) is 7.67. The highest BCUT2D eigenvalue weighted by Crippen LogP contribution is 2.25. The van der Waals surface area contributed by atoms with Gasteiger partial charge in [-0.1, -0.05) is 17.7 Å². The van der Waals surface area contributed by atoms with Crippen molar-refractivity contribution < 1.29 is 8.42 Å². The van der Waals surface area contributed by atoms with Crippen molar-refractivity contribution in [3.05, 3.63) is 46.3 Å². The van der Waals surface area contributed by atoms with Crippen LogP contribution in [0.5, 0.6) is 0 Å². The monoisotopic (exact) mass is 316 g/mol. The van der Waals surface area contributed by atoms with Gasteiger partial charge in [-0.2, -0.15) is 4.31 Å². The number of anilines is 1. The van der Waals surface area contributed by atoms with E-state index < -0.39 is 10.0 Å². The first-order chi connectivity index (χ1) is 8.91. The summed E-state index contributed by atoms with van der Waals surface area (Å²) >= 11 is 7.23. The van der Waals surface area contributed by atoms with E-state index in [-0.39, 0.29) is 6.54 Å². The first kappa shape index (κ1) is 14.3. The molecular formula is C12H13ClN2O2S2. The molecule has 0 spiro atoms. The molecule has 4 nitrogen and oxygen atoms in total. The zero-order valence-corrected chi connectivity index (χ0v) is 12.6. The lowest BCUT2D eigenvalue weighted by Crippen LogP contribution is -2.26. The quantitative estimate of drug-likeness (QED) is 0.882. The predicted octanol–water partition coefficient (Wildman–Crippen LogP) is 2.80. The molecule has 0 aliphatic carbocycles. The van der Waals surface area contributed by atoms with Crippen LogP contribution in [-0.4, -0.2) is 19.8 Å². The van der Waals surface area contributed by atoms with E-state index in [1.807, 2.05) is 0 Å². The highest BCUT2D eigenvalue weighted by Gasteiger charge is 2.22. The van der Waals surface area contributed by atoms with Gasteiger partial charge in [-0.3, -0.25) is 0 Å². The Bertz CT molecular complexity index is 669. The Labute approximate surface area is 121 Å². The number of hydrogen-bond acceptors (Lipinski definition) is 4. The lowest BCUT2D eigenvalue weighted by Gasteiger charge is -2.17. The fraction of sp³-hybridized carbons (Fsp3) is 0.167. The smallest absolute Gasteiger partial charge is 0.252 e. The van der Waals surface area contributed by atoms with E-state index in [4.69, 9.17) is 17.3 Å².